The third-order valence-electron chi connectivity index (χ3n) is 5.10. The first-order valence-corrected chi connectivity index (χ1v) is 10.7. The van der Waals surface area contributed by atoms with Crippen molar-refractivity contribution in [1.29, 1.82) is 0 Å². The smallest absolute Gasteiger partial charge is 0.241 e. The van der Waals surface area contributed by atoms with Crippen molar-refractivity contribution in [1.82, 2.24) is 24.9 Å². The molecule has 0 amide bonds. The minimum Gasteiger partial charge on any atom is -0.338 e. The largest absolute Gasteiger partial charge is 0.338 e. The molecule has 1 fully saturated rings. The summed E-state index contributed by atoms with van der Waals surface area (Å²) < 4.78 is 5.47. The lowest BCUT2D eigenvalue weighted by atomic mass is 10.1. The molecule has 0 unspecified atom stereocenters. The second-order valence-electron chi connectivity index (χ2n) is 7.74. The van der Waals surface area contributed by atoms with Crippen LogP contribution < -0.4 is 0 Å². The quantitative estimate of drug-likeness (QED) is 0.628. The number of hydrogen-bond donors (Lipinski definition) is 0. The highest BCUT2D eigenvalue weighted by atomic mass is 32.1. The van der Waals surface area contributed by atoms with Gasteiger partial charge in [0.2, 0.25) is 11.7 Å². The molecular weight excluding hydrogens is 370 g/mol. The summed E-state index contributed by atoms with van der Waals surface area (Å²) in [5.74, 6) is 1.91. The topological polar surface area (TPSA) is 58.3 Å². The van der Waals surface area contributed by atoms with Crippen molar-refractivity contribution < 1.29 is 4.52 Å². The van der Waals surface area contributed by atoms with E-state index in [1.54, 1.807) is 0 Å². The molecule has 2 aromatic heterocycles. The third-order valence-corrected chi connectivity index (χ3v) is 6.38. The number of aromatic nitrogens is 3. The van der Waals surface area contributed by atoms with Gasteiger partial charge in [-0.2, -0.15) is 4.98 Å². The van der Waals surface area contributed by atoms with Crippen LogP contribution in [-0.2, 0) is 13.1 Å². The van der Waals surface area contributed by atoms with Crippen LogP contribution in [0.4, 0.5) is 0 Å². The highest BCUT2D eigenvalue weighted by Gasteiger charge is 2.20. The van der Waals surface area contributed by atoms with E-state index in [9.17, 15) is 0 Å². The summed E-state index contributed by atoms with van der Waals surface area (Å²) in [6.45, 7) is 12.3. The minimum atomic E-state index is 0.558. The predicted molar refractivity (Wildman–Crippen MR) is 111 cm³/mol. The van der Waals surface area contributed by atoms with Gasteiger partial charge in [-0.25, -0.2) is 4.98 Å². The van der Waals surface area contributed by atoms with Crippen LogP contribution in [-0.4, -0.2) is 51.1 Å². The molecule has 0 spiro atoms. The van der Waals surface area contributed by atoms with Gasteiger partial charge < -0.3 is 4.52 Å². The molecule has 4 rings (SSSR count). The molecule has 1 aliphatic heterocycles. The van der Waals surface area contributed by atoms with Gasteiger partial charge in [-0.1, -0.05) is 48.8 Å². The molecule has 3 aromatic rings. The molecule has 6 nitrogen and oxygen atoms in total. The standard InChI is InChI=1S/C21H27N5OS/c1-15(2)18-12-22-20(28-18)14-26-10-8-25(9-11-26)13-19-23-21(24-27-19)17-6-4-16(3)5-7-17/h4-7,12,15H,8-11,13-14H2,1-3H3. The number of thiazole rings is 1. The lowest BCUT2D eigenvalue weighted by Crippen LogP contribution is -2.45. The van der Waals surface area contributed by atoms with Gasteiger partial charge in [0.15, 0.2) is 0 Å². The van der Waals surface area contributed by atoms with Crippen molar-refractivity contribution in [2.75, 3.05) is 26.2 Å². The average molecular weight is 398 g/mol. The zero-order chi connectivity index (χ0) is 19.5. The molecule has 7 heteroatoms. The summed E-state index contributed by atoms with van der Waals surface area (Å²) in [6, 6.07) is 8.20. The van der Waals surface area contributed by atoms with Gasteiger partial charge in [-0.15, -0.1) is 11.3 Å². The molecule has 1 aromatic carbocycles. The number of piperazine rings is 1. The molecule has 0 atom stereocenters. The van der Waals surface area contributed by atoms with Crippen molar-refractivity contribution in [3.8, 4) is 11.4 Å². The van der Waals surface area contributed by atoms with Gasteiger partial charge >= 0.3 is 0 Å². The molecule has 0 N–H and O–H groups in total. The van der Waals surface area contributed by atoms with Crippen LogP contribution in [0.25, 0.3) is 11.4 Å². The molecule has 1 aliphatic rings. The molecule has 0 aliphatic carbocycles. The summed E-state index contributed by atoms with van der Waals surface area (Å²) in [6.07, 6.45) is 2.03. The lowest BCUT2D eigenvalue weighted by Gasteiger charge is -2.33. The van der Waals surface area contributed by atoms with Gasteiger partial charge in [-0.05, 0) is 12.8 Å². The van der Waals surface area contributed by atoms with Crippen molar-refractivity contribution in [3.63, 3.8) is 0 Å². The third kappa shape index (κ3) is 4.66. The fourth-order valence-corrected chi connectivity index (χ4v) is 4.26. The van der Waals surface area contributed by atoms with Gasteiger partial charge in [0.05, 0.1) is 13.1 Å². The Labute approximate surface area is 170 Å². The molecule has 3 heterocycles. The molecule has 148 valence electrons. The van der Waals surface area contributed by atoms with Crippen LogP contribution in [0.15, 0.2) is 35.0 Å². The van der Waals surface area contributed by atoms with Gasteiger partial charge in [-0.3, -0.25) is 9.80 Å². The number of aryl methyl sites for hydroxylation is 1. The average Bonchev–Trinajstić information content (AvgIpc) is 3.34. The van der Waals surface area contributed by atoms with Crippen LogP contribution in [0.1, 0.15) is 41.1 Å². The van der Waals surface area contributed by atoms with Crippen LogP contribution in [0.3, 0.4) is 0 Å². The SMILES string of the molecule is Cc1ccc(-c2noc(CN3CCN(Cc4ncc(C(C)C)s4)CC3)n2)cc1. The maximum atomic E-state index is 5.47. The Balaban J connectivity index is 1.28. The molecule has 0 bridgehead atoms. The highest BCUT2D eigenvalue weighted by molar-refractivity contribution is 7.11. The van der Waals surface area contributed by atoms with Gasteiger partial charge in [0.25, 0.3) is 0 Å². The van der Waals surface area contributed by atoms with E-state index in [4.69, 9.17) is 4.52 Å². The Morgan fingerprint density at radius 3 is 2.36 bits per heavy atom. The fraction of sp³-hybridized carbons (Fsp3) is 0.476. The maximum absolute atomic E-state index is 5.47. The van der Waals surface area contributed by atoms with E-state index in [1.807, 2.05) is 29.7 Å². The molecule has 0 saturated carbocycles. The Morgan fingerprint density at radius 1 is 1.04 bits per heavy atom. The second kappa shape index (κ2) is 8.51. The highest BCUT2D eigenvalue weighted by Crippen LogP contribution is 2.23. The van der Waals surface area contributed by atoms with E-state index in [1.165, 1.54) is 15.4 Å². The Bertz CT molecular complexity index is 894. The van der Waals surface area contributed by atoms with Gasteiger partial charge in [0, 0.05) is 42.8 Å². The maximum Gasteiger partial charge on any atom is 0.241 e. The monoisotopic (exact) mass is 397 g/mol. The minimum absolute atomic E-state index is 0.558. The lowest BCUT2D eigenvalue weighted by molar-refractivity contribution is 0.112. The van der Waals surface area contributed by atoms with E-state index < -0.39 is 0 Å². The van der Waals surface area contributed by atoms with Crippen molar-refractivity contribution in [3.05, 3.63) is 51.8 Å². The summed E-state index contributed by atoms with van der Waals surface area (Å²) >= 11 is 1.84. The summed E-state index contributed by atoms with van der Waals surface area (Å²) in [5, 5.41) is 5.36. The van der Waals surface area contributed by atoms with E-state index in [0.29, 0.717) is 24.2 Å². The van der Waals surface area contributed by atoms with Crippen LogP contribution in [0.5, 0.6) is 0 Å². The molecule has 0 radical (unpaired) electrons. The zero-order valence-corrected chi connectivity index (χ0v) is 17.6. The van der Waals surface area contributed by atoms with Crippen LogP contribution in [0, 0.1) is 6.92 Å². The number of benzene rings is 1. The van der Waals surface area contributed by atoms with E-state index in [2.05, 4.69) is 57.8 Å². The Morgan fingerprint density at radius 2 is 1.71 bits per heavy atom. The molecule has 1 saturated heterocycles. The van der Waals surface area contributed by atoms with Crippen LogP contribution >= 0.6 is 11.3 Å². The summed E-state index contributed by atoms with van der Waals surface area (Å²) in [7, 11) is 0. The molecular formula is C21H27N5OS. The molecule has 28 heavy (non-hydrogen) atoms. The first-order chi connectivity index (χ1) is 13.6. The number of hydrogen-bond acceptors (Lipinski definition) is 7. The van der Waals surface area contributed by atoms with Crippen molar-refractivity contribution in [2.45, 2.75) is 39.8 Å². The Hall–Kier alpha value is -2.09. The van der Waals surface area contributed by atoms with Crippen molar-refractivity contribution in [2.24, 2.45) is 0 Å². The van der Waals surface area contributed by atoms with Gasteiger partial charge in [0.1, 0.15) is 5.01 Å². The van der Waals surface area contributed by atoms with E-state index in [0.717, 1.165) is 38.3 Å². The first kappa shape index (κ1) is 19.2. The summed E-state index contributed by atoms with van der Waals surface area (Å²) in [5.41, 5.74) is 2.22. The van der Waals surface area contributed by atoms with Crippen LogP contribution in [0.2, 0.25) is 0 Å². The summed E-state index contributed by atoms with van der Waals surface area (Å²) in [4.78, 5) is 15.4. The van der Waals surface area contributed by atoms with Crippen molar-refractivity contribution >= 4 is 11.3 Å². The Kier molecular flexibility index (Phi) is 5.85. The normalized spacial score (nSPS) is 16.1. The first-order valence-electron chi connectivity index (χ1n) is 9.86. The number of nitrogens with zero attached hydrogens (tertiary/aromatic N) is 5. The fourth-order valence-electron chi connectivity index (χ4n) is 3.29. The second-order valence-corrected chi connectivity index (χ2v) is 8.89. The van der Waals surface area contributed by atoms with E-state index >= 15 is 0 Å². The zero-order valence-electron chi connectivity index (χ0n) is 16.8. The predicted octanol–water partition coefficient (Wildman–Crippen LogP) is 3.94. The van der Waals surface area contributed by atoms with E-state index in [-0.39, 0.29) is 0 Å². The number of rotatable bonds is 6.